The van der Waals surface area contributed by atoms with Crippen LogP contribution < -0.4 is 5.32 Å². The fourth-order valence-electron chi connectivity index (χ4n) is 1.58. The molecule has 1 N–H and O–H groups in total. The first kappa shape index (κ1) is 14.3. The summed E-state index contributed by atoms with van der Waals surface area (Å²) in [5.74, 6) is -2.22. The molecule has 0 unspecified atom stereocenters. The average molecular weight is 302 g/mol. The van der Waals surface area contributed by atoms with Crippen LogP contribution in [0.1, 0.15) is 16.1 Å². The Hall–Kier alpha value is -2.08. The summed E-state index contributed by atoms with van der Waals surface area (Å²) in [6.45, 7) is 0.135. The first-order valence-corrected chi connectivity index (χ1v) is 5.94. The Morgan fingerprint density at radius 3 is 2.70 bits per heavy atom. The van der Waals surface area contributed by atoms with Crippen molar-refractivity contribution in [3.63, 3.8) is 0 Å². The van der Waals surface area contributed by atoms with Crippen LogP contribution in [-0.4, -0.2) is 13.1 Å². The van der Waals surface area contributed by atoms with Gasteiger partial charge in [-0.1, -0.05) is 0 Å². The van der Waals surface area contributed by atoms with Crippen LogP contribution in [0.3, 0.4) is 0 Å². The molecule has 0 atom stereocenters. The fourth-order valence-corrected chi connectivity index (χ4v) is 1.74. The molecule has 0 fully saturated rings. The Balaban J connectivity index is 2.20. The van der Waals surface area contributed by atoms with Gasteiger partial charge in [0.1, 0.15) is 17.4 Å². The van der Waals surface area contributed by atoms with E-state index in [1.807, 2.05) is 0 Å². The van der Waals surface area contributed by atoms with Crippen LogP contribution in [0.2, 0.25) is 5.22 Å². The molecule has 1 heterocycles. The number of hydrogen-bond donors (Lipinski definition) is 1. The number of methoxy groups -OCH3 is 1. The standard InChI is InChI=1S/C13H10ClF2NO3/c1-19-13(18)8-4-11(10(16)5-9(8)15)17-6-7-2-3-12(14)20-7/h2-5,17H,6H2,1H3. The normalized spacial score (nSPS) is 10.4. The van der Waals surface area contributed by atoms with Gasteiger partial charge < -0.3 is 14.5 Å². The number of nitrogens with one attached hydrogen (secondary N) is 1. The number of benzene rings is 1. The highest BCUT2D eigenvalue weighted by molar-refractivity contribution is 6.28. The van der Waals surface area contributed by atoms with Crippen molar-refractivity contribution < 1.29 is 22.7 Å². The van der Waals surface area contributed by atoms with Gasteiger partial charge in [-0.2, -0.15) is 0 Å². The van der Waals surface area contributed by atoms with Crippen molar-refractivity contribution in [3.05, 3.63) is 52.4 Å². The molecule has 0 aliphatic rings. The number of rotatable bonds is 4. The van der Waals surface area contributed by atoms with Gasteiger partial charge in [-0.3, -0.25) is 0 Å². The minimum atomic E-state index is -0.985. The highest BCUT2D eigenvalue weighted by atomic mass is 35.5. The molecule has 20 heavy (non-hydrogen) atoms. The highest BCUT2D eigenvalue weighted by Gasteiger charge is 2.16. The number of hydrogen-bond acceptors (Lipinski definition) is 4. The zero-order chi connectivity index (χ0) is 14.7. The molecule has 4 nitrogen and oxygen atoms in total. The molecule has 0 bridgehead atoms. The Kier molecular flexibility index (Phi) is 4.24. The number of furan rings is 1. The third kappa shape index (κ3) is 3.08. The van der Waals surface area contributed by atoms with Crippen LogP contribution >= 0.6 is 11.6 Å². The van der Waals surface area contributed by atoms with Crippen molar-refractivity contribution in [2.75, 3.05) is 12.4 Å². The molecule has 0 aliphatic heterocycles. The van der Waals surface area contributed by atoms with E-state index < -0.39 is 17.6 Å². The van der Waals surface area contributed by atoms with E-state index in [4.69, 9.17) is 16.0 Å². The van der Waals surface area contributed by atoms with E-state index in [2.05, 4.69) is 10.1 Å². The zero-order valence-electron chi connectivity index (χ0n) is 10.4. The highest BCUT2D eigenvalue weighted by Crippen LogP contribution is 2.22. The summed E-state index contributed by atoms with van der Waals surface area (Å²) in [4.78, 5) is 11.3. The van der Waals surface area contributed by atoms with Crippen LogP contribution in [0.15, 0.2) is 28.7 Å². The second-order valence-electron chi connectivity index (χ2n) is 3.86. The van der Waals surface area contributed by atoms with Crippen LogP contribution in [0.4, 0.5) is 14.5 Å². The lowest BCUT2D eigenvalue weighted by atomic mass is 10.1. The van der Waals surface area contributed by atoms with E-state index in [9.17, 15) is 13.6 Å². The van der Waals surface area contributed by atoms with E-state index in [1.54, 1.807) is 12.1 Å². The first-order chi connectivity index (χ1) is 9.51. The molecule has 0 spiro atoms. The van der Waals surface area contributed by atoms with Crippen molar-refractivity contribution in [1.82, 2.24) is 0 Å². The maximum Gasteiger partial charge on any atom is 0.340 e. The summed E-state index contributed by atoms with van der Waals surface area (Å²) in [7, 11) is 1.11. The third-order valence-corrected chi connectivity index (χ3v) is 2.75. The number of ether oxygens (including phenoxy) is 1. The maximum atomic E-state index is 13.6. The number of carbonyl (C=O) groups excluding carboxylic acids is 1. The van der Waals surface area contributed by atoms with Crippen LogP contribution in [0.5, 0.6) is 0 Å². The van der Waals surface area contributed by atoms with Gasteiger partial charge in [-0.05, 0) is 29.8 Å². The molecule has 2 aromatic rings. The molecular weight excluding hydrogens is 292 g/mol. The molecule has 2 rings (SSSR count). The van der Waals surface area contributed by atoms with Gasteiger partial charge in [-0.25, -0.2) is 13.6 Å². The van der Waals surface area contributed by atoms with Crippen LogP contribution in [0.25, 0.3) is 0 Å². The second-order valence-corrected chi connectivity index (χ2v) is 4.24. The molecular formula is C13H10ClF2NO3. The monoisotopic (exact) mass is 301 g/mol. The van der Waals surface area contributed by atoms with Gasteiger partial charge in [0.15, 0.2) is 5.22 Å². The molecule has 0 amide bonds. The predicted molar refractivity (Wildman–Crippen MR) is 68.7 cm³/mol. The fraction of sp³-hybridized carbons (Fsp3) is 0.154. The molecule has 7 heteroatoms. The topological polar surface area (TPSA) is 51.5 Å². The summed E-state index contributed by atoms with van der Waals surface area (Å²) in [6.07, 6.45) is 0. The van der Waals surface area contributed by atoms with E-state index in [1.165, 1.54) is 0 Å². The van der Waals surface area contributed by atoms with Crippen molar-refractivity contribution in [3.8, 4) is 0 Å². The van der Waals surface area contributed by atoms with Gasteiger partial charge in [-0.15, -0.1) is 0 Å². The predicted octanol–water partition coefficient (Wildman–Crippen LogP) is 3.61. The summed E-state index contributed by atoms with van der Waals surface area (Å²) >= 11 is 5.60. The molecule has 0 aliphatic carbocycles. The van der Waals surface area contributed by atoms with E-state index in [0.717, 1.165) is 13.2 Å². The second kappa shape index (κ2) is 5.92. The van der Waals surface area contributed by atoms with Crippen molar-refractivity contribution in [2.24, 2.45) is 0 Å². The van der Waals surface area contributed by atoms with Crippen LogP contribution in [-0.2, 0) is 11.3 Å². The summed E-state index contributed by atoms with van der Waals surface area (Å²) in [5.41, 5.74) is -0.395. The minimum Gasteiger partial charge on any atom is -0.465 e. The molecule has 106 valence electrons. The largest absolute Gasteiger partial charge is 0.465 e. The van der Waals surface area contributed by atoms with Crippen molar-refractivity contribution >= 4 is 23.3 Å². The quantitative estimate of drug-likeness (QED) is 0.877. The third-order valence-electron chi connectivity index (χ3n) is 2.54. The lowest BCUT2D eigenvalue weighted by Crippen LogP contribution is -2.08. The Morgan fingerprint density at radius 2 is 2.10 bits per heavy atom. The number of carbonyl (C=O) groups is 1. The molecule has 0 saturated carbocycles. The molecule has 0 saturated heterocycles. The molecule has 1 aromatic carbocycles. The van der Waals surface area contributed by atoms with Gasteiger partial charge in [0.25, 0.3) is 0 Å². The molecule has 0 radical (unpaired) electrons. The van der Waals surface area contributed by atoms with E-state index in [-0.39, 0.29) is 23.0 Å². The Morgan fingerprint density at radius 1 is 1.35 bits per heavy atom. The first-order valence-electron chi connectivity index (χ1n) is 5.56. The average Bonchev–Trinajstić information content (AvgIpc) is 2.83. The smallest absolute Gasteiger partial charge is 0.340 e. The Bertz CT molecular complexity index is 643. The van der Waals surface area contributed by atoms with Crippen LogP contribution in [0, 0.1) is 11.6 Å². The zero-order valence-corrected chi connectivity index (χ0v) is 11.1. The van der Waals surface area contributed by atoms with Gasteiger partial charge in [0, 0.05) is 6.07 Å². The SMILES string of the molecule is COC(=O)c1cc(NCc2ccc(Cl)o2)c(F)cc1F. The minimum absolute atomic E-state index is 0.0423. The Labute approximate surface area is 118 Å². The van der Waals surface area contributed by atoms with Gasteiger partial charge in [0.2, 0.25) is 0 Å². The van der Waals surface area contributed by atoms with Crippen molar-refractivity contribution in [1.29, 1.82) is 0 Å². The summed E-state index contributed by atoms with van der Waals surface area (Å²) < 4.78 is 36.5. The lowest BCUT2D eigenvalue weighted by Gasteiger charge is -2.08. The summed E-state index contributed by atoms with van der Waals surface area (Å²) in [5, 5.41) is 2.89. The van der Waals surface area contributed by atoms with Gasteiger partial charge in [0.05, 0.1) is 24.9 Å². The maximum absolute atomic E-state index is 13.6. The molecule has 1 aromatic heterocycles. The number of halogens is 3. The number of anilines is 1. The summed E-state index contributed by atoms with van der Waals surface area (Å²) in [6, 6.07) is 4.81. The van der Waals surface area contributed by atoms with Gasteiger partial charge >= 0.3 is 5.97 Å². The lowest BCUT2D eigenvalue weighted by molar-refractivity contribution is 0.0595. The number of esters is 1. The van der Waals surface area contributed by atoms with E-state index >= 15 is 0 Å². The van der Waals surface area contributed by atoms with E-state index in [0.29, 0.717) is 11.8 Å². The van der Waals surface area contributed by atoms with Crippen molar-refractivity contribution in [2.45, 2.75) is 6.54 Å².